The van der Waals surface area contributed by atoms with E-state index in [1.54, 1.807) is 0 Å². The van der Waals surface area contributed by atoms with Crippen molar-refractivity contribution in [2.75, 3.05) is 6.54 Å². The number of nitrogens with two attached hydrogens (primary N) is 1. The third-order valence-electron chi connectivity index (χ3n) is 1.59. The largest absolute Gasteiger partial charge is 0.330 e. The SMILES string of the molecule is Cn1ncc(CCCN)c1Br. The first-order valence-corrected chi connectivity index (χ1v) is 4.41. The van der Waals surface area contributed by atoms with E-state index in [0.717, 1.165) is 24.0 Å². The maximum absolute atomic E-state index is 5.39. The molecule has 11 heavy (non-hydrogen) atoms. The van der Waals surface area contributed by atoms with Gasteiger partial charge in [-0.2, -0.15) is 5.10 Å². The molecule has 0 atom stereocenters. The second kappa shape index (κ2) is 3.88. The van der Waals surface area contributed by atoms with Gasteiger partial charge in [-0.1, -0.05) is 0 Å². The molecule has 0 saturated heterocycles. The van der Waals surface area contributed by atoms with Crippen molar-refractivity contribution in [2.24, 2.45) is 12.8 Å². The average molecular weight is 218 g/mol. The molecule has 2 N–H and O–H groups in total. The summed E-state index contributed by atoms with van der Waals surface area (Å²) in [4.78, 5) is 0. The summed E-state index contributed by atoms with van der Waals surface area (Å²) in [5, 5.41) is 4.10. The van der Waals surface area contributed by atoms with Crippen molar-refractivity contribution in [2.45, 2.75) is 12.8 Å². The lowest BCUT2D eigenvalue weighted by molar-refractivity contribution is 0.745. The van der Waals surface area contributed by atoms with Crippen molar-refractivity contribution >= 4 is 15.9 Å². The van der Waals surface area contributed by atoms with Crippen molar-refractivity contribution in [1.29, 1.82) is 0 Å². The van der Waals surface area contributed by atoms with Gasteiger partial charge in [-0.25, -0.2) is 0 Å². The van der Waals surface area contributed by atoms with Crippen LogP contribution in [0.3, 0.4) is 0 Å². The van der Waals surface area contributed by atoms with E-state index in [1.807, 2.05) is 17.9 Å². The van der Waals surface area contributed by atoms with Crippen LogP contribution in [0, 0.1) is 0 Å². The van der Waals surface area contributed by atoms with Crippen molar-refractivity contribution < 1.29 is 0 Å². The van der Waals surface area contributed by atoms with Crippen LogP contribution in [0.1, 0.15) is 12.0 Å². The molecule has 4 heteroatoms. The average Bonchev–Trinajstić information content (AvgIpc) is 2.31. The van der Waals surface area contributed by atoms with Crippen LogP contribution in [-0.4, -0.2) is 16.3 Å². The summed E-state index contributed by atoms with van der Waals surface area (Å²) in [7, 11) is 1.91. The van der Waals surface area contributed by atoms with Crippen LogP contribution in [0.4, 0.5) is 0 Å². The zero-order chi connectivity index (χ0) is 8.27. The van der Waals surface area contributed by atoms with Gasteiger partial charge in [-0.15, -0.1) is 0 Å². The van der Waals surface area contributed by atoms with Gasteiger partial charge in [0.15, 0.2) is 0 Å². The Balaban J connectivity index is 2.63. The fraction of sp³-hybridized carbons (Fsp3) is 0.571. The summed E-state index contributed by atoms with van der Waals surface area (Å²) in [5.74, 6) is 0. The monoisotopic (exact) mass is 217 g/mol. The van der Waals surface area contributed by atoms with Crippen molar-refractivity contribution in [3.8, 4) is 0 Å². The van der Waals surface area contributed by atoms with Gasteiger partial charge in [-0.05, 0) is 35.3 Å². The molecule has 3 nitrogen and oxygen atoms in total. The Labute approximate surface area is 74.7 Å². The number of hydrogen-bond donors (Lipinski definition) is 1. The molecular formula is C7H12BrN3. The Morgan fingerprint density at radius 1 is 1.73 bits per heavy atom. The third-order valence-corrected chi connectivity index (χ3v) is 2.61. The van der Waals surface area contributed by atoms with Crippen LogP contribution in [0.2, 0.25) is 0 Å². The summed E-state index contributed by atoms with van der Waals surface area (Å²) >= 11 is 3.44. The lowest BCUT2D eigenvalue weighted by Gasteiger charge is -1.96. The fourth-order valence-corrected chi connectivity index (χ4v) is 1.32. The molecule has 0 aliphatic heterocycles. The minimum atomic E-state index is 0.737. The Morgan fingerprint density at radius 3 is 2.91 bits per heavy atom. The summed E-state index contributed by atoms with van der Waals surface area (Å²) in [6.45, 7) is 0.737. The summed E-state index contributed by atoms with van der Waals surface area (Å²) < 4.78 is 2.87. The molecule has 0 aliphatic rings. The first kappa shape index (κ1) is 8.74. The van der Waals surface area contributed by atoms with Crippen LogP contribution in [0.15, 0.2) is 10.8 Å². The van der Waals surface area contributed by atoms with Crippen LogP contribution in [-0.2, 0) is 13.5 Å². The van der Waals surface area contributed by atoms with E-state index in [-0.39, 0.29) is 0 Å². The highest BCUT2D eigenvalue weighted by Gasteiger charge is 2.02. The minimum absolute atomic E-state index is 0.737. The predicted molar refractivity (Wildman–Crippen MR) is 48.3 cm³/mol. The quantitative estimate of drug-likeness (QED) is 0.824. The molecule has 0 unspecified atom stereocenters. The maximum atomic E-state index is 5.39. The Bertz CT molecular complexity index is 232. The van der Waals surface area contributed by atoms with Gasteiger partial charge in [0.2, 0.25) is 0 Å². The normalized spacial score (nSPS) is 10.5. The molecule has 0 amide bonds. The molecule has 0 spiro atoms. The van der Waals surface area contributed by atoms with Crippen LogP contribution >= 0.6 is 15.9 Å². The zero-order valence-electron chi connectivity index (χ0n) is 6.55. The fourth-order valence-electron chi connectivity index (χ4n) is 0.928. The lowest BCUT2D eigenvalue weighted by atomic mass is 10.2. The Hall–Kier alpha value is -0.350. The lowest BCUT2D eigenvalue weighted by Crippen LogP contribution is -2.00. The van der Waals surface area contributed by atoms with E-state index in [9.17, 15) is 0 Å². The van der Waals surface area contributed by atoms with Crippen LogP contribution in [0.5, 0.6) is 0 Å². The highest BCUT2D eigenvalue weighted by molar-refractivity contribution is 9.10. The van der Waals surface area contributed by atoms with Gasteiger partial charge in [0.25, 0.3) is 0 Å². The summed E-state index contributed by atoms with van der Waals surface area (Å²) in [6, 6.07) is 0. The number of hydrogen-bond acceptors (Lipinski definition) is 2. The van der Waals surface area contributed by atoms with Crippen LogP contribution < -0.4 is 5.73 Å². The molecule has 0 fully saturated rings. The van der Waals surface area contributed by atoms with E-state index < -0.39 is 0 Å². The second-order valence-electron chi connectivity index (χ2n) is 2.48. The van der Waals surface area contributed by atoms with Crippen molar-refractivity contribution in [1.82, 2.24) is 9.78 Å². The molecule has 1 aromatic rings. The number of aryl methyl sites for hydroxylation is 2. The number of aromatic nitrogens is 2. The topological polar surface area (TPSA) is 43.8 Å². The number of halogens is 1. The number of nitrogens with zero attached hydrogens (tertiary/aromatic N) is 2. The maximum Gasteiger partial charge on any atom is 0.106 e. The molecular weight excluding hydrogens is 206 g/mol. The van der Waals surface area contributed by atoms with Gasteiger partial charge >= 0.3 is 0 Å². The zero-order valence-corrected chi connectivity index (χ0v) is 8.13. The third kappa shape index (κ3) is 2.04. The Kier molecular flexibility index (Phi) is 3.08. The van der Waals surface area contributed by atoms with Gasteiger partial charge in [-0.3, -0.25) is 4.68 Å². The molecule has 62 valence electrons. The van der Waals surface area contributed by atoms with Gasteiger partial charge in [0.1, 0.15) is 4.60 Å². The van der Waals surface area contributed by atoms with E-state index in [0.29, 0.717) is 0 Å². The van der Waals surface area contributed by atoms with E-state index in [4.69, 9.17) is 5.73 Å². The number of rotatable bonds is 3. The Morgan fingerprint density at radius 2 is 2.45 bits per heavy atom. The van der Waals surface area contributed by atoms with E-state index >= 15 is 0 Å². The molecule has 0 aromatic carbocycles. The van der Waals surface area contributed by atoms with Gasteiger partial charge in [0.05, 0.1) is 6.20 Å². The minimum Gasteiger partial charge on any atom is -0.330 e. The molecule has 1 aromatic heterocycles. The van der Waals surface area contributed by atoms with Crippen molar-refractivity contribution in [3.63, 3.8) is 0 Å². The molecule has 1 rings (SSSR count). The first-order valence-electron chi connectivity index (χ1n) is 3.62. The molecule has 0 saturated carbocycles. The second-order valence-corrected chi connectivity index (χ2v) is 3.23. The smallest absolute Gasteiger partial charge is 0.106 e. The first-order chi connectivity index (χ1) is 5.25. The standard InChI is InChI=1S/C7H12BrN3/c1-11-7(8)6(5-10-11)3-2-4-9/h5H,2-4,9H2,1H3. The van der Waals surface area contributed by atoms with E-state index in [1.165, 1.54) is 5.56 Å². The molecule has 0 aliphatic carbocycles. The summed E-state index contributed by atoms with van der Waals surface area (Å²) in [5.41, 5.74) is 6.62. The van der Waals surface area contributed by atoms with E-state index in [2.05, 4.69) is 21.0 Å². The predicted octanol–water partition coefficient (Wildman–Crippen LogP) is 1.07. The highest BCUT2D eigenvalue weighted by Crippen LogP contribution is 2.15. The molecule has 1 heterocycles. The molecule has 0 bridgehead atoms. The van der Waals surface area contributed by atoms with Crippen LogP contribution in [0.25, 0.3) is 0 Å². The summed E-state index contributed by atoms with van der Waals surface area (Å²) in [6.07, 6.45) is 3.90. The van der Waals surface area contributed by atoms with Crippen molar-refractivity contribution in [3.05, 3.63) is 16.4 Å². The highest BCUT2D eigenvalue weighted by atomic mass is 79.9. The molecule has 0 radical (unpaired) electrons. The van der Waals surface area contributed by atoms with Gasteiger partial charge < -0.3 is 5.73 Å². The van der Waals surface area contributed by atoms with Gasteiger partial charge in [0, 0.05) is 12.6 Å².